The molecule has 0 aliphatic heterocycles. The van der Waals surface area contributed by atoms with Gasteiger partial charge in [-0.05, 0) is 61.6 Å². The lowest BCUT2D eigenvalue weighted by Crippen LogP contribution is -2.14. The summed E-state index contributed by atoms with van der Waals surface area (Å²) in [5, 5.41) is 13.4. The smallest absolute Gasteiger partial charge is 0.234 e. The molecule has 4 nitrogen and oxygen atoms in total. The minimum Gasteiger partial charge on any atom is -0.325 e. The zero-order valence-electron chi connectivity index (χ0n) is 13.0. The molecule has 1 amide bonds. The summed E-state index contributed by atoms with van der Waals surface area (Å²) in [7, 11) is 0. The number of amides is 1. The van der Waals surface area contributed by atoms with Gasteiger partial charge in [0.2, 0.25) is 5.91 Å². The van der Waals surface area contributed by atoms with Gasteiger partial charge in [-0.15, -0.1) is 0 Å². The van der Waals surface area contributed by atoms with Crippen molar-refractivity contribution in [2.24, 2.45) is 0 Å². The summed E-state index contributed by atoms with van der Waals surface area (Å²) in [6, 6.07) is 11.1. The first-order chi connectivity index (χ1) is 11.7. The molecule has 3 rings (SSSR count). The second-order valence-electron chi connectivity index (χ2n) is 5.61. The first kappa shape index (κ1) is 16.8. The number of carbonyl (C=O) groups is 1. The molecule has 0 fully saturated rings. The Bertz CT molecular complexity index is 799. The molecule has 0 saturated heterocycles. The minimum absolute atomic E-state index is 0.134. The number of rotatable bonds is 4. The van der Waals surface area contributed by atoms with Gasteiger partial charge in [-0.1, -0.05) is 23.4 Å². The number of nitrogens with one attached hydrogen (secondary N) is 1. The average Bonchev–Trinajstić information content (AvgIpc) is 2.61. The highest BCUT2D eigenvalue weighted by atomic mass is 35.5. The molecule has 0 bridgehead atoms. The van der Waals surface area contributed by atoms with Crippen LogP contribution in [0.4, 0.5) is 5.69 Å². The lowest BCUT2D eigenvalue weighted by molar-refractivity contribution is -0.113. The van der Waals surface area contributed by atoms with E-state index >= 15 is 0 Å². The van der Waals surface area contributed by atoms with Gasteiger partial charge in [0, 0.05) is 16.4 Å². The van der Waals surface area contributed by atoms with Crippen LogP contribution < -0.4 is 5.32 Å². The SMILES string of the molecule is N#Cc1cc2c(nc1SCC(=O)Nc1ccc(Cl)cc1)CCCC2. The normalized spacial score (nSPS) is 13.0. The van der Waals surface area contributed by atoms with Crippen LogP contribution in [0.2, 0.25) is 5.02 Å². The van der Waals surface area contributed by atoms with Crippen molar-refractivity contribution in [2.45, 2.75) is 30.7 Å². The monoisotopic (exact) mass is 357 g/mol. The Morgan fingerprint density at radius 1 is 1.29 bits per heavy atom. The highest BCUT2D eigenvalue weighted by Crippen LogP contribution is 2.27. The molecule has 0 spiro atoms. The van der Waals surface area contributed by atoms with Crippen molar-refractivity contribution in [3.05, 3.63) is 52.2 Å². The fourth-order valence-corrected chi connectivity index (χ4v) is 3.57. The fourth-order valence-electron chi connectivity index (χ4n) is 2.67. The molecular formula is C18H16ClN3OS. The summed E-state index contributed by atoms with van der Waals surface area (Å²) >= 11 is 7.13. The largest absolute Gasteiger partial charge is 0.325 e. The van der Waals surface area contributed by atoms with Gasteiger partial charge in [0.25, 0.3) is 0 Å². The van der Waals surface area contributed by atoms with E-state index in [1.54, 1.807) is 24.3 Å². The quantitative estimate of drug-likeness (QED) is 0.832. The van der Waals surface area contributed by atoms with Gasteiger partial charge in [-0.3, -0.25) is 4.79 Å². The van der Waals surface area contributed by atoms with Crippen molar-refractivity contribution in [2.75, 3.05) is 11.1 Å². The van der Waals surface area contributed by atoms with Crippen LogP contribution in [-0.2, 0) is 17.6 Å². The van der Waals surface area contributed by atoms with Crippen LogP contribution in [0.5, 0.6) is 0 Å². The van der Waals surface area contributed by atoms with Gasteiger partial charge < -0.3 is 5.32 Å². The number of hydrogen-bond donors (Lipinski definition) is 1. The van der Waals surface area contributed by atoms with Crippen LogP contribution in [0.3, 0.4) is 0 Å². The van der Waals surface area contributed by atoms with Crippen LogP contribution in [0.1, 0.15) is 29.7 Å². The standard InChI is InChI=1S/C18H16ClN3OS/c19-14-5-7-15(8-6-14)21-17(23)11-24-18-13(10-20)9-12-3-1-2-4-16(12)22-18/h5-9H,1-4,11H2,(H,21,23). The predicted molar refractivity (Wildman–Crippen MR) is 96.4 cm³/mol. The number of pyridine rings is 1. The number of benzene rings is 1. The molecular weight excluding hydrogens is 342 g/mol. The summed E-state index contributed by atoms with van der Waals surface area (Å²) in [5.41, 5.74) is 3.50. The summed E-state index contributed by atoms with van der Waals surface area (Å²) in [4.78, 5) is 16.7. The Labute approximate surface area is 150 Å². The molecule has 0 saturated carbocycles. The molecule has 122 valence electrons. The third kappa shape index (κ3) is 4.08. The molecule has 1 heterocycles. The van der Waals surface area contributed by atoms with E-state index in [2.05, 4.69) is 16.4 Å². The number of anilines is 1. The molecule has 1 aromatic carbocycles. The van der Waals surface area contributed by atoms with Crippen molar-refractivity contribution < 1.29 is 4.79 Å². The van der Waals surface area contributed by atoms with Crippen molar-refractivity contribution in [1.29, 1.82) is 5.26 Å². The number of nitriles is 1. The number of thioether (sulfide) groups is 1. The molecule has 1 aliphatic carbocycles. The van der Waals surface area contributed by atoms with E-state index in [1.165, 1.54) is 17.3 Å². The van der Waals surface area contributed by atoms with Gasteiger partial charge in [-0.25, -0.2) is 4.98 Å². The number of aromatic nitrogens is 1. The molecule has 2 aromatic rings. The zero-order valence-corrected chi connectivity index (χ0v) is 14.6. The Balaban J connectivity index is 1.66. The molecule has 0 atom stereocenters. The lowest BCUT2D eigenvalue weighted by Gasteiger charge is -2.16. The first-order valence-electron chi connectivity index (χ1n) is 7.77. The van der Waals surface area contributed by atoms with Crippen molar-refractivity contribution >= 4 is 35.0 Å². The maximum Gasteiger partial charge on any atom is 0.234 e. The summed E-state index contributed by atoms with van der Waals surface area (Å²) in [6.45, 7) is 0. The fraction of sp³-hybridized carbons (Fsp3) is 0.278. The van der Waals surface area contributed by atoms with E-state index in [1.807, 2.05) is 6.07 Å². The molecule has 0 radical (unpaired) electrons. The van der Waals surface area contributed by atoms with Gasteiger partial charge in [-0.2, -0.15) is 5.26 Å². The third-order valence-corrected chi connectivity index (χ3v) is 5.10. The number of aryl methyl sites for hydroxylation is 2. The number of carbonyl (C=O) groups excluding carboxylic acids is 1. The van der Waals surface area contributed by atoms with Crippen molar-refractivity contribution in [3.63, 3.8) is 0 Å². The van der Waals surface area contributed by atoms with Crippen LogP contribution in [-0.4, -0.2) is 16.6 Å². The third-order valence-electron chi connectivity index (χ3n) is 3.85. The van der Waals surface area contributed by atoms with E-state index in [-0.39, 0.29) is 11.7 Å². The van der Waals surface area contributed by atoms with Gasteiger partial charge >= 0.3 is 0 Å². The van der Waals surface area contributed by atoms with Gasteiger partial charge in [0.15, 0.2) is 0 Å². The Hall–Kier alpha value is -2.03. The maximum absolute atomic E-state index is 12.1. The molecule has 1 aromatic heterocycles. The second kappa shape index (κ2) is 7.69. The van der Waals surface area contributed by atoms with Crippen LogP contribution in [0.15, 0.2) is 35.4 Å². The predicted octanol–water partition coefficient (Wildman–Crippen LogP) is 4.22. The number of hydrogen-bond acceptors (Lipinski definition) is 4. The number of nitrogens with zero attached hydrogens (tertiary/aromatic N) is 2. The van der Waals surface area contributed by atoms with Gasteiger partial charge in [0.1, 0.15) is 11.1 Å². The van der Waals surface area contributed by atoms with Gasteiger partial charge in [0.05, 0.1) is 11.3 Å². The lowest BCUT2D eigenvalue weighted by atomic mass is 9.95. The Morgan fingerprint density at radius 2 is 2.04 bits per heavy atom. The highest BCUT2D eigenvalue weighted by molar-refractivity contribution is 8.00. The van der Waals surface area contributed by atoms with E-state index in [4.69, 9.17) is 11.6 Å². The zero-order chi connectivity index (χ0) is 16.9. The van der Waals surface area contributed by atoms with Crippen LogP contribution in [0.25, 0.3) is 0 Å². The molecule has 1 N–H and O–H groups in total. The minimum atomic E-state index is -0.134. The van der Waals surface area contributed by atoms with Crippen LogP contribution in [0, 0.1) is 11.3 Å². The van der Waals surface area contributed by atoms with Crippen LogP contribution >= 0.6 is 23.4 Å². The summed E-state index contributed by atoms with van der Waals surface area (Å²) in [5.74, 6) is 0.0778. The summed E-state index contributed by atoms with van der Waals surface area (Å²) < 4.78 is 0. The van der Waals surface area contributed by atoms with Crippen molar-refractivity contribution in [3.8, 4) is 6.07 Å². The van der Waals surface area contributed by atoms with E-state index in [0.29, 0.717) is 21.3 Å². The molecule has 6 heteroatoms. The van der Waals surface area contributed by atoms with E-state index < -0.39 is 0 Å². The number of halogens is 1. The average molecular weight is 358 g/mol. The van der Waals surface area contributed by atoms with E-state index in [9.17, 15) is 10.1 Å². The summed E-state index contributed by atoms with van der Waals surface area (Å²) in [6.07, 6.45) is 4.22. The Morgan fingerprint density at radius 3 is 2.79 bits per heavy atom. The molecule has 0 unspecified atom stereocenters. The molecule has 24 heavy (non-hydrogen) atoms. The second-order valence-corrected chi connectivity index (χ2v) is 7.01. The maximum atomic E-state index is 12.1. The van der Waals surface area contributed by atoms with E-state index in [0.717, 1.165) is 31.4 Å². The first-order valence-corrected chi connectivity index (χ1v) is 9.13. The van der Waals surface area contributed by atoms with Crippen molar-refractivity contribution in [1.82, 2.24) is 4.98 Å². The molecule has 1 aliphatic rings. The topological polar surface area (TPSA) is 65.8 Å². The number of fused-ring (bicyclic) bond motifs is 1. The Kier molecular flexibility index (Phi) is 5.39. The highest BCUT2D eigenvalue weighted by Gasteiger charge is 2.16.